The van der Waals surface area contributed by atoms with Gasteiger partial charge in [0, 0.05) is 18.2 Å². The molecule has 7 heteroatoms. The summed E-state index contributed by atoms with van der Waals surface area (Å²) in [6, 6.07) is 4.01. The van der Waals surface area contributed by atoms with E-state index in [1.165, 1.54) is 10.7 Å². The number of rotatable bonds is 2. The Morgan fingerprint density at radius 3 is 2.55 bits per heavy atom. The molecule has 1 aromatic heterocycles. The van der Waals surface area contributed by atoms with Gasteiger partial charge in [0.1, 0.15) is 0 Å². The molecular weight excluding hydrogens is 301 g/mol. The molecule has 3 rings (SSSR count). The zero-order valence-corrected chi connectivity index (χ0v) is 13.0. The van der Waals surface area contributed by atoms with E-state index >= 15 is 0 Å². The van der Waals surface area contributed by atoms with Crippen molar-refractivity contribution in [1.29, 1.82) is 0 Å². The molecule has 2 bridgehead atoms. The van der Waals surface area contributed by atoms with Crippen molar-refractivity contribution in [2.75, 3.05) is 0 Å². The van der Waals surface area contributed by atoms with E-state index in [2.05, 4.69) is 10.4 Å². The monoisotopic (exact) mass is 321 g/mol. The number of aromatic nitrogens is 2. The van der Waals surface area contributed by atoms with Crippen LogP contribution in [0.2, 0.25) is 0 Å². The van der Waals surface area contributed by atoms with Gasteiger partial charge in [-0.15, -0.1) is 24.8 Å². The predicted molar refractivity (Wildman–Crippen MR) is 81.9 cm³/mol. The van der Waals surface area contributed by atoms with Crippen LogP contribution in [-0.4, -0.2) is 32.6 Å². The van der Waals surface area contributed by atoms with Crippen LogP contribution in [0.5, 0.6) is 0 Å². The average molecular weight is 322 g/mol. The number of hydrogen-bond acceptors (Lipinski definition) is 4. The molecule has 2 aliphatic heterocycles. The van der Waals surface area contributed by atoms with Crippen LogP contribution in [0, 0.1) is 6.92 Å². The topological polar surface area (TPSA) is 67.2 Å². The zero-order chi connectivity index (χ0) is 12.8. The van der Waals surface area contributed by atoms with Crippen molar-refractivity contribution < 1.29 is 5.11 Å². The van der Waals surface area contributed by atoms with Crippen LogP contribution in [0.25, 0.3) is 0 Å². The molecule has 5 nitrogen and oxygen atoms in total. The van der Waals surface area contributed by atoms with Gasteiger partial charge in [0.15, 0.2) is 0 Å². The molecule has 0 saturated carbocycles. The highest BCUT2D eigenvalue weighted by Crippen LogP contribution is 2.34. The fourth-order valence-corrected chi connectivity index (χ4v) is 3.30. The molecule has 114 valence electrons. The molecule has 2 aliphatic rings. The van der Waals surface area contributed by atoms with Gasteiger partial charge in [0.2, 0.25) is 0 Å². The van der Waals surface area contributed by atoms with E-state index < -0.39 is 5.60 Å². The molecule has 2 saturated heterocycles. The first kappa shape index (κ1) is 17.4. The van der Waals surface area contributed by atoms with Gasteiger partial charge in [-0.1, -0.05) is 0 Å². The summed E-state index contributed by atoms with van der Waals surface area (Å²) in [4.78, 5) is 11.7. The minimum Gasteiger partial charge on any atom is -0.388 e. The number of aliphatic hydroxyl groups is 1. The van der Waals surface area contributed by atoms with E-state index in [1.54, 1.807) is 6.07 Å². The summed E-state index contributed by atoms with van der Waals surface area (Å²) in [5.41, 5.74) is -0.128. The van der Waals surface area contributed by atoms with E-state index in [0.717, 1.165) is 18.5 Å². The maximum Gasteiger partial charge on any atom is 0.266 e. The number of halogens is 2. The quantitative estimate of drug-likeness (QED) is 0.854. The van der Waals surface area contributed by atoms with E-state index in [4.69, 9.17) is 0 Å². The van der Waals surface area contributed by atoms with Crippen LogP contribution in [-0.2, 0) is 6.54 Å². The van der Waals surface area contributed by atoms with Crippen molar-refractivity contribution in [3.63, 3.8) is 0 Å². The molecule has 2 N–H and O–H groups in total. The fraction of sp³-hybridized carbons (Fsp3) is 0.692. The number of nitrogens with zero attached hydrogens (tertiary/aromatic N) is 2. The van der Waals surface area contributed by atoms with Crippen molar-refractivity contribution >= 4 is 24.8 Å². The van der Waals surface area contributed by atoms with Crippen LogP contribution in [0.15, 0.2) is 16.9 Å². The van der Waals surface area contributed by atoms with E-state index in [0.29, 0.717) is 31.5 Å². The van der Waals surface area contributed by atoms with Gasteiger partial charge in [-0.3, -0.25) is 4.79 Å². The molecule has 2 atom stereocenters. The van der Waals surface area contributed by atoms with Crippen LogP contribution in [0.4, 0.5) is 0 Å². The van der Waals surface area contributed by atoms with Gasteiger partial charge in [0.05, 0.1) is 17.8 Å². The molecule has 2 unspecified atom stereocenters. The highest BCUT2D eigenvalue weighted by molar-refractivity contribution is 5.85. The second-order valence-corrected chi connectivity index (χ2v) is 5.74. The SMILES string of the molecule is Cc1ccc(=O)n(CC2(O)CC3CCC(C2)N3)n1.Cl.Cl. The Labute approximate surface area is 130 Å². The van der Waals surface area contributed by atoms with E-state index in [-0.39, 0.29) is 30.4 Å². The molecule has 0 radical (unpaired) electrons. The molecule has 2 fully saturated rings. The summed E-state index contributed by atoms with van der Waals surface area (Å²) in [6.45, 7) is 2.16. The summed E-state index contributed by atoms with van der Waals surface area (Å²) in [5.74, 6) is 0. The number of fused-ring (bicyclic) bond motifs is 2. The van der Waals surface area contributed by atoms with Gasteiger partial charge in [-0.2, -0.15) is 5.10 Å². The van der Waals surface area contributed by atoms with Gasteiger partial charge in [-0.25, -0.2) is 4.68 Å². The number of hydrogen-bond donors (Lipinski definition) is 2. The summed E-state index contributed by atoms with van der Waals surface area (Å²) in [5, 5.41) is 18.4. The third kappa shape index (κ3) is 3.52. The highest BCUT2D eigenvalue weighted by Gasteiger charge is 2.42. The molecule has 3 heterocycles. The smallest absolute Gasteiger partial charge is 0.266 e. The molecule has 1 aromatic rings. The number of nitrogens with one attached hydrogen (secondary N) is 1. The van der Waals surface area contributed by atoms with Crippen LogP contribution >= 0.6 is 24.8 Å². The normalized spacial score (nSPS) is 31.3. The first-order chi connectivity index (χ1) is 8.54. The zero-order valence-electron chi connectivity index (χ0n) is 11.4. The minimum absolute atomic E-state index is 0. The van der Waals surface area contributed by atoms with Crippen molar-refractivity contribution in [1.82, 2.24) is 15.1 Å². The lowest BCUT2D eigenvalue weighted by Crippen LogP contribution is -2.51. The predicted octanol–water partition coefficient (Wildman–Crippen LogP) is 1.04. The average Bonchev–Trinajstić information content (AvgIpc) is 2.64. The lowest BCUT2D eigenvalue weighted by Gasteiger charge is -2.37. The van der Waals surface area contributed by atoms with Crippen LogP contribution in [0.3, 0.4) is 0 Å². The van der Waals surface area contributed by atoms with E-state index in [1.807, 2.05) is 6.92 Å². The molecule has 0 amide bonds. The Kier molecular flexibility index (Phi) is 5.61. The Balaban J connectivity index is 0.000001000. The Morgan fingerprint density at radius 2 is 1.95 bits per heavy atom. The second kappa shape index (κ2) is 6.43. The summed E-state index contributed by atoms with van der Waals surface area (Å²) in [7, 11) is 0. The Morgan fingerprint density at radius 1 is 1.35 bits per heavy atom. The second-order valence-electron chi connectivity index (χ2n) is 5.74. The van der Waals surface area contributed by atoms with Gasteiger partial charge in [-0.05, 0) is 38.7 Å². The third-order valence-corrected chi connectivity index (χ3v) is 4.03. The fourth-order valence-electron chi connectivity index (χ4n) is 3.30. The largest absolute Gasteiger partial charge is 0.388 e. The van der Waals surface area contributed by atoms with Gasteiger partial charge < -0.3 is 10.4 Å². The molecule has 0 aliphatic carbocycles. The minimum atomic E-state index is -0.790. The van der Waals surface area contributed by atoms with Crippen molar-refractivity contribution in [3.8, 4) is 0 Å². The van der Waals surface area contributed by atoms with Crippen molar-refractivity contribution in [2.45, 2.75) is 56.8 Å². The first-order valence-corrected chi connectivity index (χ1v) is 6.57. The van der Waals surface area contributed by atoms with Crippen molar-refractivity contribution in [2.24, 2.45) is 0 Å². The number of piperidine rings is 1. The third-order valence-electron chi connectivity index (χ3n) is 4.03. The first-order valence-electron chi connectivity index (χ1n) is 6.57. The standard InChI is InChI=1S/C13H19N3O2.2ClH/c1-9-2-5-12(17)16(15-9)8-13(18)6-10-3-4-11(7-13)14-10;;/h2,5,10-11,14,18H,3-4,6-8H2,1H3;2*1H. The van der Waals surface area contributed by atoms with Crippen molar-refractivity contribution in [3.05, 3.63) is 28.2 Å². The summed E-state index contributed by atoms with van der Waals surface area (Å²) >= 11 is 0. The Bertz CT molecular complexity index is 509. The Hall–Kier alpha value is -0.620. The van der Waals surface area contributed by atoms with E-state index in [9.17, 15) is 9.90 Å². The van der Waals surface area contributed by atoms with Gasteiger partial charge in [0.25, 0.3) is 5.56 Å². The lowest BCUT2D eigenvalue weighted by molar-refractivity contribution is -0.0250. The highest BCUT2D eigenvalue weighted by atomic mass is 35.5. The summed E-state index contributed by atoms with van der Waals surface area (Å²) < 4.78 is 1.40. The lowest BCUT2D eigenvalue weighted by atomic mass is 9.87. The number of aryl methyl sites for hydroxylation is 1. The summed E-state index contributed by atoms with van der Waals surface area (Å²) in [6.07, 6.45) is 3.68. The molecule has 0 spiro atoms. The molecule has 20 heavy (non-hydrogen) atoms. The molecular formula is C13H21Cl2N3O2. The van der Waals surface area contributed by atoms with Crippen LogP contribution in [0.1, 0.15) is 31.4 Å². The van der Waals surface area contributed by atoms with Gasteiger partial charge >= 0.3 is 0 Å². The molecule has 0 aromatic carbocycles. The maximum absolute atomic E-state index is 11.7. The van der Waals surface area contributed by atoms with Crippen LogP contribution < -0.4 is 10.9 Å². The maximum atomic E-state index is 11.7.